The van der Waals surface area contributed by atoms with Gasteiger partial charge in [-0.15, -0.1) is 6.42 Å². The number of hydrogen-bond donors (Lipinski definition) is 4. The number of carbonyl (C=O) groups excluding carboxylic acids is 4. The molecule has 0 aliphatic rings. The predicted octanol–water partition coefficient (Wildman–Crippen LogP) is 16.3. The molecule has 0 aromatic heterocycles. The van der Waals surface area contributed by atoms with Gasteiger partial charge >= 0.3 is 0 Å². The summed E-state index contributed by atoms with van der Waals surface area (Å²) in [6, 6.07) is 72.7. The topological polar surface area (TPSA) is 367 Å². The van der Waals surface area contributed by atoms with Crippen LogP contribution in [0.5, 0.6) is 63.2 Å². The highest BCUT2D eigenvalue weighted by molar-refractivity contribution is 9.10. The highest BCUT2D eigenvalue weighted by Crippen LogP contribution is 2.42. The molecule has 0 fully saturated rings. The molecule has 4 amide bonds. The number of terminal acetylenes is 1. The third-order valence-electron chi connectivity index (χ3n) is 20.3. The van der Waals surface area contributed by atoms with Crippen LogP contribution in [0, 0.1) is 26.2 Å². The van der Waals surface area contributed by atoms with Crippen LogP contribution in [0.4, 0.5) is 39.8 Å². The first-order valence-electron chi connectivity index (χ1n) is 41.2. The summed E-state index contributed by atoms with van der Waals surface area (Å²) in [5.74, 6) is 4.06. The lowest BCUT2D eigenvalue weighted by atomic mass is 10.1. The van der Waals surface area contributed by atoms with Gasteiger partial charge in [0.1, 0.15) is 71.3 Å². The molecule has 12 aromatic rings. The highest BCUT2D eigenvalue weighted by atomic mass is 79.9. The van der Waals surface area contributed by atoms with Crippen LogP contribution in [0.15, 0.2) is 291 Å². The summed E-state index contributed by atoms with van der Waals surface area (Å²) in [5, 5.41) is 11.1. The maximum absolute atomic E-state index is 14.0. The molecule has 0 bridgehead atoms. The predicted molar refractivity (Wildman–Crippen MR) is 524 cm³/mol. The molecule has 0 heterocycles. The molecule has 12 aromatic carbocycles. The Balaban J connectivity index is 0.000000202. The number of nitrogens with one attached hydrogen (secondary N) is 4. The Kier molecular flexibility index (Phi) is 37.5. The van der Waals surface area contributed by atoms with Crippen molar-refractivity contribution in [2.45, 2.75) is 59.7 Å². The van der Waals surface area contributed by atoms with Gasteiger partial charge in [0, 0.05) is 45.7 Å². The van der Waals surface area contributed by atoms with E-state index in [0.717, 1.165) is 39.5 Å². The number of rotatable bonds is 37. The van der Waals surface area contributed by atoms with E-state index in [-0.39, 0.29) is 65.7 Å². The Labute approximate surface area is 796 Å². The summed E-state index contributed by atoms with van der Waals surface area (Å²) in [7, 11) is -0.784. The second kappa shape index (κ2) is 48.7. The number of amides is 4. The second-order valence-electron chi connectivity index (χ2n) is 29.1. The third kappa shape index (κ3) is 27.1. The SMILES string of the molecule is C#Cc1cccc(NC(=O)CN(c2ccccc2OC)S(=O)(=O)c2ccc(C)cc2)c1.CCc1ccc(OC)c(N(CC(=O)NC(C)c2ccccc2)S(=O)(=O)c2ccc(OC)c(OC)c2)c1.COc1ccc(OC)c(N(CC(=O)Nc2cccc(C)c2)S(=O)(=O)c2ccc(OC)c(OC)c2)c1.COc1ccc(OC)c(NC(=O)CN(c2ccccc2)S(=O)(=O)c2cc(Br)ccc2OC)c1. The van der Waals surface area contributed by atoms with Crippen LogP contribution in [-0.4, -0.2) is 162 Å². The number of sulfonamides is 4. The average Bonchev–Trinajstić information content (AvgIpc) is 0.780. The van der Waals surface area contributed by atoms with Gasteiger partial charge in [-0.2, -0.15) is 0 Å². The van der Waals surface area contributed by atoms with Crippen LogP contribution in [0.2, 0.25) is 0 Å². The van der Waals surface area contributed by atoms with Crippen molar-refractivity contribution in [2.24, 2.45) is 0 Å². The zero-order valence-electron chi connectivity index (χ0n) is 76.8. The normalized spacial score (nSPS) is 11.1. The van der Waals surface area contributed by atoms with Gasteiger partial charge in [-0.25, -0.2) is 33.7 Å². The summed E-state index contributed by atoms with van der Waals surface area (Å²) in [6.45, 7) is 5.67. The van der Waals surface area contributed by atoms with Gasteiger partial charge in [-0.1, -0.05) is 131 Å². The van der Waals surface area contributed by atoms with Crippen LogP contribution in [-0.2, 0) is 65.7 Å². The van der Waals surface area contributed by atoms with Crippen molar-refractivity contribution in [3.8, 4) is 75.6 Å². The minimum absolute atomic E-state index is 0.0481. The van der Waals surface area contributed by atoms with E-state index in [1.807, 2.05) is 70.2 Å². The molecule has 12 rings (SSSR count). The Morgan fingerprint density at radius 3 is 1.31 bits per heavy atom. The van der Waals surface area contributed by atoms with Crippen molar-refractivity contribution in [2.75, 3.05) is 138 Å². The number of aryl methyl sites for hydroxylation is 3. The van der Waals surface area contributed by atoms with Crippen molar-refractivity contribution in [1.82, 2.24) is 5.32 Å². The number of hydrogen-bond acceptors (Lipinski definition) is 23. The first kappa shape index (κ1) is 104. The van der Waals surface area contributed by atoms with Crippen molar-refractivity contribution in [3.05, 3.63) is 299 Å². The van der Waals surface area contributed by atoms with E-state index in [2.05, 4.69) is 43.1 Å². The number of nitrogens with zero attached hydrogens (tertiary/aromatic N) is 4. The van der Waals surface area contributed by atoms with Crippen LogP contribution in [0.1, 0.15) is 47.7 Å². The zero-order valence-corrected chi connectivity index (χ0v) is 81.6. The number of benzene rings is 12. The van der Waals surface area contributed by atoms with E-state index in [9.17, 15) is 52.8 Å². The van der Waals surface area contributed by atoms with E-state index in [1.165, 1.54) is 139 Å². The summed E-state index contributed by atoms with van der Waals surface area (Å²) >= 11 is 3.30. The maximum atomic E-state index is 14.0. The first-order chi connectivity index (χ1) is 64.6. The number of halogens is 1. The van der Waals surface area contributed by atoms with Gasteiger partial charge in [0.25, 0.3) is 40.1 Å². The van der Waals surface area contributed by atoms with Crippen molar-refractivity contribution in [1.29, 1.82) is 0 Å². The Morgan fingerprint density at radius 1 is 0.356 bits per heavy atom. The van der Waals surface area contributed by atoms with Gasteiger partial charge in [0.15, 0.2) is 23.0 Å². The first-order valence-corrected chi connectivity index (χ1v) is 47.8. The molecule has 135 heavy (non-hydrogen) atoms. The number of carbonyl (C=O) groups is 4. The summed E-state index contributed by atoms with van der Waals surface area (Å²) in [5.41, 5.74) is 6.67. The Hall–Kier alpha value is -14.6. The second-order valence-corrected chi connectivity index (χ2v) is 37.4. The Bertz CT molecular complexity index is 6660. The molecule has 0 aliphatic carbocycles. The molecule has 31 nitrogen and oxygen atoms in total. The van der Waals surface area contributed by atoms with Crippen LogP contribution in [0.25, 0.3) is 0 Å². The summed E-state index contributed by atoms with van der Waals surface area (Å²) < 4.78 is 173. The molecule has 1 unspecified atom stereocenters. The molecular weight excluding hydrogens is 1880 g/mol. The molecule has 0 saturated heterocycles. The van der Waals surface area contributed by atoms with Crippen molar-refractivity contribution in [3.63, 3.8) is 0 Å². The fraction of sp³-hybridized carbons (Fsp3) is 0.212. The maximum Gasteiger partial charge on any atom is 0.268 e. The molecular formula is C99H105BrN8O23S4. The molecule has 1 atom stereocenters. The van der Waals surface area contributed by atoms with Gasteiger partial charge in [-0.3, -0.25) is 36.4 Å². The van der Waals surface area contributed by atoms with Crippen molar-refractivity contribution >= 4 is 119 Å². The smallest absolute Gasteiger partial charge is 0.268 e. The molecule has 0 aliphatic heterocycles. The molecule has 0 saturated carbocycles. The third-order valence-corrected chi connectivity index (χ3v) is 27.9. The largest absolute Gasteiger partial charge is 0.497 e. The van der Waals surface area contributed by atoms with Gasteiger partial charge in [0.2, 0.25) is 23.6 Å². The van der Waals surface area contributed by atoms with Gasteiger partial charge < -0.3 is 73.4 Å². The van der Waals surface area contributed by atoms with Crippen LogP contribution in [0.3, 0.4) is 0 Å². The number of methoxy groups -OCH3 is 11. The minimum atomic E-state index is -4.26. The van der Waals surface area contributed by atoms with E-state index < -0.39 is 89.9 Å². The minimum Gasteiger partial charge on any atom is -0.497 e. The Morgan fingerprint density at radius 2 is 0.785 bits per heavy atom. The molecule has 4 N–H and O–H groups in total. The number of anilines is 7. The van der Waals surface area contributed by atoms with E-state index in [0.29, 0.717) is 79.5 Å². The van der Waals surface area contributed by atoms with E-state index in [1.54, 1.807) is 164 Å². The lowest BCUT2D eigenvalue weighted by molar-refractivity contribution is -0.120. The van der Waals surface area contributed by atoms with Crippen LogP contribution >= 0.6 is 15.9 Å². The molecule has 0 radical (unpaired) electrons. The quantitative estimate of drug-likeness (QED) is 0.0263. The number of para-hydroxylation sites is 3. The standard InChI is InChI=1S/C27H32N2O6S.C25H28N2O7S.C24H22N2O4S.C23H23BrN2O6S/c1-6-20-12-14-24(33-3)23(16-20)29(18-27(30)28-19(2)21-10-8-7-9-11-21)36(31,32)22-13-15-25(34-4)26(17-22)35-5;1-17-7-6-8-18(13-17)26-25(28)16-27(21-14-19(31-2)9-11-22(21)32-3)35(29,30)20-10-12-23(33-4)24(15-20)34-5;1-4-19-8-7-9-20(16-19)25-24(27)17-26(22-10-5-6-11-23(22)30-3)31(28,29)21-14-12-18(2)13-15-21;1-30-18-10-12-20(31-2)19(14-18)25-23(27)15-26(17-7-5-4-6-8-17)33(28,29)22-13-16(24)9-11-21(22)32-3/h7-17,19H,6,18H2,1-5H3,(H,28,30);6-15H,16H2,1-5H3,(H,26,28);1,5-16H,17H2,2-3H3,(H,25,27);4-14H,15H2,1-3H3,(H,25,27). The lowest BCUT2D eigenvalue weighted by Crippen LogP contribution is -2.41. The highest BCUT2D eigenvalue weighted by Gasteiger charge is 2.36. The van der Waals surface area contributed by atoms with E-state index >= 15 is 0 Å². The average molecular weight is 1980 g/mol. The zero-order chi connectivity index (χ0) is 98.3. The summed E-state index contributed by atoms with van der Waals surface area (Å²) in [4.78, 5) is 51.9. The fourth-order valence-electron chi connectivity index (χ4n) is 13.3. The molecule has 0 spiro atoms. The monoisotopic (exact) mass is 1980 g/mol. The number of ether oxygens (including phenoxy) is 11. The molecule has 36 heteroatoms. The van der Waals surface area contributed by atoms with Gasteiger partial charge in [0.05, 0.1) is 127 Å². The van der Waals surface area contributed by atoms with Crippen molar-refractivity contribution < 1.29 is 105 Å². The van der Waals surface area contributed by atoms with Gasteiger partial charge in [-0.05, 0) is 189 Å². The summed E-state index contributed by atoms with van der Waals surface area (Å²) in [6.07, 6.45) is 6.09. The lowest BCUT2D eigenvalue weighted by Gasteiger charge is -2.27. The van der Waals surface area contributed by atoms with Crippen LogP contribution < -0.4 is 90.6 Å². The molecule has 710 valence electrons. The van der Waals surface area contributed by atoms with E-state index in [4.69, 9.17) is 58.5 Å². The fourth-order valence-corrected chi connectivity index (χ4v) is 19.8.